The molecule has 1 heterocycles. The molecule has 2 aromatic carbocycles. The van der Waals surface area contributed by atoms with E-state index < -0.39 is 11.6 Å². The lowest BCUT2D eigenvalue weighted by molar-refractivity contribution is 0.132. The molecule has 0 N–H and O–H groups in total. The number of rotatable bonds is 2. The zero-order valence-corrected chi connectivity index (χ0v) is 12.3. The van der Waals surface area contributed by atoms with Crippen LogP contribution >= 0.6 is 0 Å². The number of nitriles is 1. The minimum Gasteiger partial charge on any atom is -0.419 e. The first kappa shape index (κ1) is 14.6. The lowest BCUT2D eigenvalue weighted by Gasteiger charge is -2.39. The highest BCUT2D eigenvalue weighted by molar-refractivity contribution is 5.78. The molecular formula is C19H14N2O2. The van der Waals surface area contributed by atoms with Crippen LogP contribution in [0.1, 0.15) is 16.7 Å². The maximum absolute atomic E-state index is 12.4. The van der Waals surface area contributed by atoms with Crippen LogP contribution in [0, 0.1) is 11.3 Å². The van der Waals surface area contributed by atoms with Gasteiger partial charge in [0.05, 0.1) is 6.26 Å². The van der Waals surface area contributed by atoms with E-state index in [0.717, 1.165) is 17.4 Å². The second-order valence-corrected chi connectivity index (χ2v) is 5.01. The van der Waals surface area contributed by atoms with Gasteiger partial charge in [0.1, 0.15) is 6.07 Å². The Morgan fingerprint density at radius 1 is 1.17 bits per heavy atom. The van der Waals surface area contributed by atoms with Crippen LogP contribution < -0.4 is 0 Å². The predicted molar refractivity (Wildman–Crippen MR) is 86.8 cm³/mol. The molecule has 112 valence electrons. The van der Waals surface area contributed by atoms with Crippen molar-refractivity contribution < 1.29 is 9.53 Å². The Labute approximate surface area is 134 Å². The number of hydrogen-bond donors (Lipinski definition) is 0. The van der Waals surface area contributed by atoms with Crippen molar-refractivity contribution >= 4 is 12.2 Å². The van der Waals surface area contributed by atoms with E-state index in [0.29, 0.717) is 5.56 Å². The van der Waals surface area contributed by atoms with Gasteiger partial charge < -0.3 is 4.74 Å². The van der Waals surface area contributed by atoms with E-state index in [1.807, 2.05) is 54.6 Å². The first-order valence-electron chi connectivity index (χ1n) is 7.09. The van der Waals surface area contributed by atoms with Gasteiger partial charge in [-0.3, -0.25) is 4.90 Å². The van der Waals surface area contributed by atoms with Crippen LogP contribution in [0.2, 0.25) is 0 Å². The van der Waals surface area contributed by atoms with Gasteiger partial charge in [0.25, 0.3) is 0 Å². The molecule has 0 spiro atoms. The summed E-state index contributed by atoms with van der Waals surface area (Å²) in [7, 11) is 0. The standard InChI is InChI=1S/C19H14N2O2/c1-2-23-18(22)21-13-12-15-8-6-7-11-17(15)19(21,14-20)16-9-4-3-5-10-16/h2-13H,1H2/t19-/m0/s1. The minimum absolute atomic E-state index is 0.656. The van der Waals surface area contributed by atoms with Crippen molar-refractivity contribution in [3.05, 3.63) is 90.3 Å². The second kappa shape index (κ2) is 5.82. The van der Waals surface area contributed by atoms with Crippen molar-refractivity contribution in [2.45, 2.75) is 5.54 Å². The number of fused-ring (bicyclic) bond motifs is 1. The summed E-state index contributed by atoms with van der Waals surface area (Å²) in [4.78, 5) is 13.7. The van der Waals surface area contributed by atoms with Crippen LogP contribution in [0.25, 0.3) is 6.08 Å². The number of benzene rings is 2. The van der Waals surface area contributed by atoms with Crippen molar-refractivity contribution in [2.75, 3.05) is 0 Å². The summed E-state index contributed by atoms with van der Waals surface area (Å²) in [5, 5.41) is 10.1. The number of amides is 1. The summed E-state index contributed by atoms with van der Waals surface area (Å²) >= 11 is 0. The Balaban J connectivity index is 2.29. The smallest absolute Gasteiger partial charge is 0.419 e. The topological polar surface area (TPSA) is 53.3 Å². The van der Waals surface area contributed by atoms with Crippen molar-refractivity contribution in [3.63, 3.8) is 0 Å². The largest absolute Gasteiger partial charge is 0.420 e. The Morgan fingerprint density at radius 2 is 1.87 bits per heavy atom. The maximum atomic E-state index is 12.4. The van der Waals surface area contributed by atoms with Crippen molar-refractivity contribution in [1.29, 1.82) is 5.26 Å². The van der Waals surface area contributed by atoms with Gasteiger partial charge in [-0.25, -0.2) is 4.79 Å². The van der Waals surface area contributed by atoms with Gasteiger partial charge in [0.15, 0.2) is 5.54 Å². The van der Waals surface area contributed by atoms with Crippen LogP contribution in [0.3, 0.4) is 0 Å². The number of carbonyl (C=O) groups excluding carboxylic acids is 1. The Kier molecular flexibility index (Phi) is 3.70. The number of hydrogen-bond acceptors (Lipinski definition) is 3. The van der Waals surface area contributed by atoms with Gasteiger partial charge in [-0.1, -0.05) is 61.2 Å². The molecule has 4 heteroatoms. The number of carbonyl (C=O) groups is 1. The fraction of sp³-hybridized carbons (Fsp3) is 0.0526. The fourth-order valence-corrected chi connectivity index (χ4v) is 2.85. The summed E-state index contributed by atoms with van der Waals surface area (Å²) in [6.07, 6.45) is 3.77. The highest BCUT2D eigenvalue weighted by Crippen LogP contribution is 2.41. The predicted octanol–water partition coefficient (Wildman–Crippen LogP) is 4.02. The molecule has 1 aliphatic rings. The van der Waals surface area contributed by atoms with Gasteiger partial charge in [-0.05, 0) is 17.2 Å². The molecule has 1 aliphatic heterocycles. The Bertz CT molecular complexity index is 821. The monoisotopic (exact) mass is 302 g/mol. The van der Waals surface area contributed by atoms with Gasteiger partial charge in [0, 0.05) is 11.8 Å². The van der Waals surface area contributed by atoms with E-state index in [9.17, 15) is 10.1 Å². The molecule has 4 nitrogen and oxygen atoms in total. The van der Waals surface area contributed by atoms with Crippen molar-refractivity contribution in [2.24, 2.45) is 0 Å². The van der Waals surface area contributed by atoms with Crippen LogP contribution in [0.4, 0.5) is 4.79 Å². The Hall–Kier alpha value is -3.32. The summed E-state index contributed by atoms with van der Waals surface area (Å²) in [6.45, 7) is 3.41. The lowest BCUT2D eigenvalue weighted by atomic mass is 9.78. The quantitative estimate of drug-likeness (QED) is 0.787. The van der Waals surface area contributed by atoms with Gasteiger partial charge in [-0.2, -0.15) is 5.26 Å². The summed E-state index contributed by atoms with van der Waals surface area (Å²) in [5.74, 6) is 0. The second-order valence-electron chi connectivity index (χ2n) is 5.01. The lowest BCUT2D eigenvalue weighted by Crippen LogP contribution is -2.48. The van der Waals surface area contributed by atoms with Crippen LogP contribution in [0.15, 0.2) is 73.6 Å². The van der Waals surface area contributed by atoms with E-state index in [2.05, 4.69) is 12.6 Å². The number of ether oxygens (including phenoxy) is 1. The first-order chi connectivity index (χ1) is 11.2. The first-order valence-corrected chi connectivity index (χ1v) is 7.09. The molecular weight excluding hydrogens is 288 g/mol. The van der Waals surface area contributed by atoms with Crippen LogP contribution in [-0.4, -0.2) is 11.0 Å². The molecule has 0 bridgehead atoms. The van der Waals surface area contributed by atoms with E-state index in [1.165, 1.54) is 4.90 Å². The molecule has 1 amide bonds. The number of nitrogens with zero attached hydrogens (tertiary/aromatic N) is 2. The molecule has 3 rings (SSSR count). The average Bonchev–Trinajstić information content (AvgIpc) is 2.61. The van der Waals surface area contributed by atoms with E-state index >= 15 is 0 Å². The molecule has 0 unspecified atom stereocenters. The van der Waals surface area contributed by atoms with Crippen molar-refractivity contribution in [3.8, 4) is 6.07 Å². The highest BCUT2D eigenvalue weighted by Gasteiger charge is 2.46. The SMILES string of the molecule is C=COC(=O)N1C=Cc2ccccc2[C@]1(C#N)c1ccccc1. The third-order valence-corrected chi connectivity index (χ3v) is 3.85. The molecule has 0 aliphatic carbocycles. The van der Waals surface area contributed by atoms with Gasteiger partial charge in [0.2, 0.25) is 0 Å². The summed E-state index contributed by atoms with van der Waals surface area (Å²) in [6, 6.07) is 19.0. The van der Waals surface area contributed by atoms with Gasteiger partial charge in [-0.15, -0.1) is 0 Å². The molecule has 0 aromatic heterocycles. The molecule has 0 radical (unpaired) electrons. The average molecular weight is 302 g/mol. The third-order valence-electron chi connectivity index (χ3n) is 3.85. The van der Waals surface area contributed by atoms with E-state index in [-0.39, 0.29) is 0 Å². The summed E-state index contributed by atoms with van der Waals surface area (Å²) < 4.78 is 4.92. The van der Waals surface area contributed by atoms with E-state index in [1.54, 1.807) is 12.3 Å². The normalized spacial score (nSPS) is 18.7. The molecule has 1 atom stereocenters. The highest BCUT2D eigenvalue weighted by atomic mass is 16.5. The van der Waals surface area contributed by atoms with Crippen LogP contribution in [0.5, 0.6) is 0 Å². The fourth-order valence-electron chi connectivity index (χ4n) is 2.85. The minimum atomic E-state index is -1.29. The van der Waals surface area contributed by atoms with E-state index in [4.69, 9.17) is 4.74 Å². The zero-order chi connectivity index (χ0) is 16.3. The van der Waals surface area contributed by atoms with Gasteiger partial charge >= 0.3 is 6.09 Å². The molecule has 23 heavy (non-hydrogen) atoms. The summed E-state index contributed by atoms with van der Waals surface area (Å²) in [5.41, 5.74) is 1.03. The zero-order valence-electron chi connectivity index (χ0n) is 12.3. The maximum Gasteiger partial charge on any atom is 0.420 e. The Morgan fingerprint density at radius 3 is 2.57 bits per heavy atom. The molecule has 0 saturated heterocycles. The molecule has 0 saturated carbocycles. The van der Waals surface area contributed by atoms with Crippen LogP contribution in [-0.2, 0) is 10.3 Å². The van der Waals surface area contributed by atoms with Crippen molar-refractivity contribution in [1.82, 2.24) is 4.90 Å². The third kappa shape index (κ3) is 2.19. The molecule has 0 fully saturated rings. The molecule has 2 aromatic rings.